The number of nitrogens with zero attached hydrogens (tertiary/aromatic N) is 3. The van der Waals surface area contributed by atoms with Gasteiger partial charge in [0.1, 0.15) is 17.0 Å². The lowest BCUT2D eigenvalue weighted by atomic mass is 9.96. The van der Waals surface area contributed by atoms with Gasteiger partial charge >= 0.3 is 6.09 Å². The first-order valence-electron chi connectivity index (χ1n) is 11.3. The molecule has 1 aliphatic rings. The largest absolute Gasteiger partial charge is 0.466 e. The number of ether oxygens (including phenoxy) is 1. The number of carbonyl (C=O) groups excluding carboxylic acids is 1. The van der Waals surface area contributed by atoms with Crippen LogP contribution in [0.1, 0.15) is 60.1 Å². The Morgan fingerprint density at radius 1 is 1.31 bits per heavy atom. The summed E-state index contributed by atoms with van der Waals surface area (Å²) in [5, 5.41) is 14.0. The van der Waals surface area contributed by atoms with Gasteiger partial charge in [0.2, 0.25) is 0 Å². The Balaban J connectivity index is 0.00000512. The molecule has 1 fully saturated rings. The van der Waals surface area contributed by atoms with Crippen molar-refractivity contribution in [2.24, 2.45) is 10.9 Å². The summed E-state index contributed by atoms with van der Waals surface area (Å²) < 4.78 is 10.9. The van der Waals surface area contributed by atoms with E-state index in [9.17, 15) is 9.90 Å². The molecule has 0 aromatic carbocycles. The van der Waals surface area contributed by atoms with Crippen molar-refractivity contribution >= 4 is 36.0 Å². The second kappa shape index (κ2) is 12.7. The number of hydrogen-bond donors (Lipinski definition) is 2. The topological polar surface area (TPSA) is 90.5 Å². The number of nitrogens with one attached hydrogen (secondary N) is 1. The standard InChI is InChI=1S/C23H40N4O4.HI/c1-7-24-20(25-17-23(6,29)19-10-9-15-30-19)27-13-11-18(12-14-27)16-26(8-2)21(28)31-22(3,4)5;/h9-10,15,18,29H,7-8,11-14,16-17H2,1-6H3,(H,24,25);1H. The Bertz CT molecular complexity index is 708. The van der Waals surface area contributed by atoms with Crippen molar-refractivity contribution < 1.29 is 19.1 Å². The summed E-state index contributed by atoms with van der Waals surface area (Å²) in [7, 11) is 0. The number of piperidine rings is 1. The van der Waals surface area contributed by atoms with Crippen LogP contribution in [0.25, 0.3) is 0 Å². The number of guanidine groups is 1. The van der Waals surface area contributed by atoms with Gasteiger partial charge in [0.15, 0.2) is 5.96 Å². The maximum Gasteiger partial charge on any atom is 0.410 e. The number of aliphatic imine (C=N–C) groups is 1. The summed E-state index contributed by atoms with van der Waals surface area (Å²) in [5.41, 5.74) is -1.64. The van der Waals surface area contributed by atoms with Gasteiger partial charge in [-0.15, -0.1) is 24.0 Å². The number of amides is 1. The Kier molecular flexibility index (Phi) is 11.3. The molecule has 1 amide bonds. The summed E-state index contributed by atoms with van der Waals surface area (Å²) in [5.74, 6) is 1.73. The Morgan fingerprint density at radius 2 is 1.97 bits per heavy atom. The van der Waals surface area contributed by atoms with Crippen molar-refractivity contribution in [2.45, 2.75) is 65.6 Å². The van der Waals surface area contributed by atoms with E-state index in [0.717, 1.165) is 38.4 Å². The fraction of sp³-hybridized carbons (Fsp3) is 0.739. The normalized spacial score (nSPS) is 17.3. The predicted molar refractivity (Wildman–Crippen MR) is 137 cm³/mol. The lowest BCUT2D eigenvalue weighted by molar-refractivity contribution is 0.0214. The van der Waals surface area contributed by atoms with E-state index in [1.54, 1.807) is 30.2 Å². The van der Waals surface area contributed by atoms with Crippen LogP contribution < -0.4 is 5.32 Å². The molecule has 1 aliphatic heterocycles. The molecule has 0 radical (unpaired) electrons. The highest BCUT2D eigenvalue weighted by Crippen LogP contribution is 2.23. The third-order valence-corrected chi connectivity index (χ3v) is 5.35. The minimum absolute atomic E-state index is 0. The fourth-order valence-electron chi connectivity index (χ4n) is 3.62. The fourth-order valence-corrected chi connectivity index (χ4v) is 3.62. The molecule has 1 saturated heterocycles. The minimum atomic E-state index is -1.16. The van der Waals surface area contributed by atoms with Crippen LogP contribution in [0.3, 0.4) is 0 Å². The Hall–Kier alpha value is -1.49. The SMILES string of the molecule is CCNC(=NCC(C)(O)c1ccco1)N1CCC(CN(CC)C(=O)OC(C)(C)C)CC1.I. The lowest BCUT2D eigenvalue weighted by Gasteiger charge is -2.36. The van der Waals surface area contributed by atoms with Crippen molar-refractivity contribution in [2.75, 3.05) is 39.3 Å². The monoisotopic (exact) mass is 564 g/mol. The Morgan fingerprint density at radius 3 is 2.47 bits per heavy atom. The van der Waals surface area contributed by atoms with Gasteiger partial charge in [-0.3, -0.25) is 0 Å². The maximum atomic E-state index is 12.4. The highest BCUT2D eigenvalue weighted by molar-refractivity contribution is 14.0. The lowest BCUT2D eigenvalue weighted by Crippen LogP contribution is -2.48. The molecule has 184 valence electrons. The molecule has 0 spiro atoms. The van der Waals surface area contributed by atoms with Gasteiger partial charge in [-0.2, -0.15) is 0 Å². The average molecular weight is 565 g/mol. The molecule has 0 bridgehead atoms. The van der Waals surface area contributed by atoms with E-state index in [4.69, 9.17) is 9.15 Å². The molecule has 2 rings (SSSR count). The number of carbonyl (C=O) groups is 1. The van der Waals surface area contributed by atoms with Crippen LogP contribution in [-0.2, 0) is 10.3 Å². The van der Waals surface area contributed by atoms with Gasteiger partial charge in [0.25, 0.3) is 0 Å². The first kappa shape index (κ1) is 28.5. The minimum Gasteiger partial charge on any atom is -0.466 e. The molecular formula is C23H41IN4O4. The van der Waals surface area contributed by atoms with Crippen LogP contribution in [0.4, 0.5) is 4.79 Å². The summed E-state index contributed by atoms with van der Waals surface area (Å²) in [6.07, 6.45) is 3.25. The number of furan rings is 1. The van der Waals surface area contributed by atoms with Gasteiger partial charge in [0, 0.05) is 32.7 Å². The predicted octanol–water partition coefficient (Wildman–Crippen LogP) is 4.04. The van der Waals surface area contributed by atoms with Gasteiger partial charge in [-0.25, -0.2) is 9.79 Å². The molecule has 1 unspecified atom stereocenters. The third kappa shape index (κ3) is 8.80. The third-order valence-electron chi connectivity index (χ3n) is 5.35. The molecule has 0 saturated carbocycles. The average Bonchev–Trinajstić information content (AvgIpc) is 3.24. The molecule has 9 heteroatoms. The van der Waals surface area contributed by atoms with Gasteiger partial charge in [0.05, 0.1) is 12.8 Å². The molecule has 32 heavy (non-hydrogen) atoms. The summed E-state index contributed by atoms with van der Waals surface area (Å²) in [6, 6.07) is 3.53. The summed E-state index contributed by atoms with van der Waals surface area (Å²) in [6.45, 7) is 15.4. The van der Waals surface area contributed by atoms with Crippen LogP contribution in [0, 0.1) is 5.92 Å². The molecule has 1 aromatic heterocycles. The maximum absolute atomic E-state index is 12.4. The van der Waals surface area contributed by atoms with Gasteiger partial charge in [-0.1, -0.05) is 0 Å². The van der Waals surface area contributed by atoms with E-state index in [1.807, 2.05) is 34.6 Å². The van der Waals surface area contributed by atoms with Gasteiger partial charge in [-0.05, 0) is 72.4 Å². The van der Waals surface area contributed by atoms with Crippen LogP contribution >= 0.6 is 24.0 Å². The van der Waals surface area contributed by atoms with Crippen molar-refractivity contribution in [3.05, 3.63) is 24.2 Å². The van der Waals surface area contributed by atoms with Gasteiger partial charge < -0.3 is 29.4 Å². The van der Waals surface area contributed by atoms with Crippen molar-refractivity contribution in [3.8, 4) is 0 Å². The highest BCUT2D eigenvalue weighted by atomic mass is 127. The van der Waals surface area contributed by atoms with Crippen LogP contribution in [-0.4, -0.2) is 71.8 Å². The molecular weight excluding hydrogens is 523 g/mol. The quantitative estimate of drug-likeness (QED) is 0.295. The molecule has 2 N–H and O–H groups in total. The Labute approximate surface area is 209 Å². The molecule has 2 heterocycles. The zero-order chi connectivity index (χ0) is 23.1. The van der Waals surface area contributed by atoms with Crippen LogP contribution in [0.2, 0.25) is 0 Å². The zero-order valence-electron chi connectivity index (χ0n) is 20.4. The number of rotatable bonds is 7. The molecule has 1 aromatic rings. The van der Waals surface area contributed by atoms with Crippen molar-refractivity contribution in [3.63, 3.8) is 0 Å². The second-order valence-corrected chi connectivity index (χ2v) is 9.37. The smallest absolute Gasteiger partial charge is 0.410 e. The molecule has 1 atom stereocenters. The molecule has 8 nitrogen and oxygen atoms in total. The first-order chi connectivity index (χ1) is 14.6. The number of halogens is 1. The van der Waals surface area contributed by atoms with Crippen molar-refractivity contribution in [1.82, 2.24) is 15.1 Å². The summed E-state index contributed by atoms with van der Waals surface area (Å²) >= 11 is 0. The summed E-state index contributed by atoms with van der Waals surface area (Å²) in [4.78, 5) is 21.1. The molecule has 0 aliphatic carbocycles. The second-order valence-electron chi connectivity index (χ2n) is 9.37. The highest BCUT2D eigenvalue weighted by Gasteiger charge is 2.29. The van der Waals surface area contributed by atoms with Crippen LogP contribution in [0.5, 0.6) is 0 Å². The van der Waals surface area contributed by atoms with E-state index >= 15 is 0 Å². The van der Waals surface area contributed by atoms with E-state index in [-0.39, 0.29) is 36.6 Å². The zero-order valence-corrected chi connectivity index (χ0v) is 22.7. The van der Waals surface area contributed by atoms with E-state index < -0.39 is 11.2 Å². The van der Waals surface area contributed by atoms with E-state index in [2.05, 4.69) is 15.2 Å². The van der Waals surface area contributed by atoms with E-state index in [0.29, 0.717) is 24.8 Å². The first-order valence-corrected chi connectivity index (χ1v) is 11.3. The van der Waals surface area contributed by atoms with E-state index in [1.165, 1.54) is 0 Å². The van der Waals surface area contributed by atoms with Crippen LogP contribution in [0.15, 0.2) is 27.8 Å². The van der Waals surface area contributed by atoms with Crippen molar-refractivity contribution in [1.29, 1.82) is 0 Å². The number of aliphatic hydroxyl groups is 1. The number of hydrogen-bond acceptors (Lipinski definition) is 5. The number of likely N-dealkylation sites (tertiary alicyclic amines) is 1.